The van der Waals surface area contributed by atoms with Gasteiger partial charge in [0.15, 0.2) is 0 Å². The van der Waals surface area contributed by atoms with Crippen molar-refractivity contribution < 1.29 is 4.39 Å². The van der Waals surface area contributed by atoms with Crippen LogP contribution in [0.4, 0.5) is 4.39 Å². The Kier molecular flexibility index (Phi) is 2.57. The van der Waals surface area contributed by atoms with Gasteiger partial charge in [0.1, 0.15) is 0 Å². The normalized spacial score (nSPS) is 10.9. The first-order valence-corrected chi connectivity index (χ1v) is 3.70. The Morgan fingerprint density at radius 1 is 1.64 bits per heavy atom. The van der Waals surface area contributed by atoms with Crippen LogP contribution in [0, 0.1) is 0 Å². The van der Waals surface area contributed by atoms with E-state index in [1.54, 1.807) is 10.9 Å². The summed E-state index contributed by atoms with van der Waals surface area (Å²) in [6.45, 7) is 3.65. The van der Waals surface area contributed by atoms with Gasteiger partial charge < -0.3 is 0 Å². The van der Waals surface area contributed by atoms with Crippen LogP contribution in [0.25, 0.3) is 0 Å². The maximum atomic E-state index is 11.8. The van der Waals surface area contributed by atoms with E-state index in [1.807, 2.05) is 13.8 Å². The molecule has 0 atom stereocenters. The van der Waals surface area contributed by atoms with E-state index in [2.05, 4.69) is 10.3 Å². The van der Waals surface area contributed by atoms with Crippen LogP contribution >= 0.6 is 0 Å². The van der Waals surface area contributed by atoms with Crippen molar-refractivity contribution in [2.45, 2.75) is 26.3 Å². The predicted octanol–water partition coefficient (Wildman–Crippen LogP) is 1.37. The fourth-order valence-electron chi connectivity index (χ4n) is 0.777. The van der Waals surface area contributed by atoms with E-state index in [9.17, 15) is 4.39 Å². The first-order chi connectivity index (χ1) is 5.24. The molecule has 0 spiro atoms. The summed E-state index contributed by atoms with van der Waals surface area (Å²) in [6.07, 6.45) is 2.15. The lowest BCUT2D eigenvalue weighted by molar-refractivity contribution is 0.491. The third kappa shape index (κ3) is 2.00. The Morgan fingerprint density at radius 2 is 2.36 bits per heavy atom. The van der Waals surface area contributed by atoms with Gasteiger partial charge in [0.25, 0.3) is 0 Å². The van der Waals surface area contributed by atoms with Crippen molar-refractivity contribution in [1.82, 2.24) is 15.0 Å². The molecule has 1 aromatic heterocycles. The summed E-state index contributed by atoms with van der Waals surface area (Å²) >= 11 is 0. The molecule has 3 nitrogen and oxygen atoms in total. The molecule has 1 heterocycles. The first kappa shape index (κ1) is 8.17. The number of nitrogens with zero attached hydrogens (tertiary/aromatic N) is 3. The average Bonchev–Trinajstić information content (AvgIpc) is 2.37. The van der Waals surface area contributed by atoms with Gasteiger partial charge in [0.05, 0.1) is 12.4 Å². The summed E-state index contributed by atoms with van der Waals surface area (Å²) in [4.78, 5) is 0. The maximum Gasteiger partial charge on any atom is 0.0951 e. The summed E-state index contributed by atoms with van der Waals surface area (Å²) in [5.74, 6) is 0. The Labute approximate surface area is 65.2 Å². The summed E-state index contributed by atoms with van der Waals surface area (Å²) in [5.41, 5.74) is 0.723. The molecule has 0 N–H and O–H groups in total. The predicted molar refractivity (Wildman–Crippen MR) is 40.1 cm³/mol. The van der Waals surface area contributed by atoms with Crippen molar-refractivity contribution in [3.05, 3.63) is 11.9 Å². The third-order valence-electron chi connectivity index (χ3n) is 1.44. The first-order valence-electron chi connectivity index (χ1n) is 3.70. The molecule has 0 aliphatic rings. The van der Waals surface area contributed by atoms with E-state index in [4.69, 9.17) is 0 Å². The monoisotopic (exact) mass is 156 g/mol. The van der Waals surface area contributed by atoms with Gasteiger partial charge in [-0.15, -0.1) is 5.10 Å². The van der Waals surface area contributed by atoms with Gasteiger partial charge in [-0.05, 0) is 13.8 Å². The summed E-state index contributed by atoms with van der Waals surface area (Å²) in [7, 11) is 0. The summed E-state index contributed by atoms with van der Waals surface area (Å²) < 4.78 is 13.5. The largest absolute Gasteiger partial charge is 0.251 e. The second-order valence-corrected chi connectivity index (χ2v) is 2.72. The van der Waals surface area contributed by atoms with E-state index in [0.717, 1.165) is 5.69 Å². The van der Waals surface area contributed by atoms with Crippen molar-refractivity contribution in [1.29, 1.82) is 0 Å². The molecule has 0 aliphatic carbocycles. The molecular weight excluding hydrogens is 144 g/mol. The number of rotatable bonds is 3. The SMILES string of the molecule is CC(C)n1cc(CC[18F])nn1. The smallest absolute Gasteiger partial charge is 0.0951 e. The molecule has 0 saturated carbocycles. The molecule has 0 fully saturated rings. The van der Waals surface area contributed by atoms with Crippen LogP contribution in [0.5, 0.6) is 0 Å². The molecule has 0 bridgehead atoms. The quantitative estimate of drug-likeness (QED) is 0.661. The lowest BCUT2D eigenvalue weighted by Crippen LogP contribution is -2.00. The minimum atomic E-state index is -0.364. The highest BCUT2D eigenvalue weighted by molar-refractivity contribution is 4.92. The van der Waals surface area contributed by atoms with Gasteiger partial charge in [0.2, 0.25) is 0 Å². The van der Waals surface area contributed by atoms with Crippen LogP contribution in [0.3, 0.4) is 0 Å². The molecule has 1 aromatic rings. The Morgan fingerprint density at radius 3 is 2.82 bits per heavy atom. The number of halogens is 1. The molecule has 0 aromatic carbocycles. The van der Waals surface area contributed by atoms with Gasteiger partial charge in [-0.3, -0.25) is 4.39 Å². The summed E-state index contributed by atoms with van der Waals surface area (Å²) in [6, 6.07) is 0.302. The minimum absolute atomic E-state index is 0.302. The van der Waals surface area contributed by atoms with Crippen molar-refractivity contribution in [3.8, 4) is 0 Å². The number of aromatic nitrogens is 3. The average molecular weight is 156 g/mol. The highest BCUT2D eigenvalue weighted by atomic mass is 18.2. The highest BCUT2D eigenvalue weighted by Gasteiger charge is 2.01. The van der Waals surface area contributed by atoms with Crippen molar-refractivity contribution in [2.24, 2.45) is 0 Å². The maximum absolute atomic E-state index is 11.8. The number of alkyl halides is 1. The number of hydrogen-bond donors (Lipinski definition) is 0. The van der Waals surface area contributed by atoms with Crippen LogP contribution < -0.4 is 0 Å². The molecular formula is C7H12FN3. The topological polar surface area (TPSA) is 30.7 Å². The van der Waals surface area contributed by atoms with Crippen LogP contribution in [-0.2, 0) is 6.42 Å². The molecule has 1 rings (SSSR count). The fraction of sp³-hybridized carbons (Fsp3) is 0.714. The zero-order valence-corrected chi connectivity index (χ0v) is 6.79. The van der Waals surface area contributed by atoms with E-state index >= 15 is 0 Å². The lowest BCUT2D eigenvalue weighted by Gasteiger charge is -2.00. The minimum Gasteiger partial charge on any atom is -0.251 e. The van der Waals surface area contributed by atoms with Crippen LogP contribution in [0.15, 0.2) is 6.20 Å². The number of hydrogen-bond acceptors (Lipinski definition) is 2. The molecule has 4 heteroatoms. The Hall–Kier alpha value is -0.930. The fourth-order valence-corrected chi connectivity index (χ4v) is 0.777. The second-order valence-electron chi connectivity index (χ2n) is 2.72. The van der Waals surface area contributed by atoms with Crippen molar-refractivity contribution in [3.63, 3.8) is 0 Å². The number of aryl methyl sites for hydroxylation is 1. The van der Waals surface area contributed by atoms with E-state index in [0.29, 0.717) is 12.5 Å². The van der Waals surface area contributed by atoms with Gasteiger partial charge >= 0.3 is 0 Å². The zero-order valence-electron chi connectivity index (χ0n) is 6.79. The van der Waals surface area contributed by atoms with Crippen molar-refractivity contribution >= 4 is 0 Å². The van der Waals surface area contributed by atoms with E-state index < -0.39 is 0 Å². The van der Waals surface area contributed by atoms with Gasteiger partial charge in [-0.1, -0.05) is 5.21 Å². The molecule has 11 heavy (non-hydrogen) atoms. The van der Waals surface area contributed by atoms with E-state index in [1.165, 1.54) is 0 Å². The third-order valence-corrected chi connectivity index (χ3v) is 1.44. The highest BCUT2D eigenvalue weighted by Crippen LogP contribution is 2.02. The van der Waals surface area contributed by atoms with Gasteiger partial charge in [-0.2, -0.15) is 0 Å². The molecule has 62 valence electrons. The van der Waals surface area contributed by atoms with E-state index in [-0.39, 0.29) is 6.67 Å². The van der Waals surface area contributed by atoms with Crippen molar-refractivity contribution in [2.75, 3.05) is 6.67 Å². The van der Waals surface area contributed by atoms with Gasteiger partial charge in [0, 0.05) is 18.7 Å². The molecule has 0 aliphatic heterocycles. The zero-order chi connectivity index (χ0) is 8.27. The second kappa shape index (κ2) is 3.46. The van der Waals surface area contributed by atoms with Gasteiger partial charge in [-0.25, -0.2) is 4.68 Å². The van der Waals surface area contributed by atoms with Crippen LogP contribution in [-0.4, -0.2) is 21.7 Å². The van der Waals surface area contributed by atoms with Crippen LogP contribution in [0.1, 0.15) is 25.6 Å². The Bertz CT molecular complexity index is 219. The molecule has 0 radical (unpaired) electrons. The standard InChI is InChI=1S/C7H12FN3/c1-6(2)11-5-7(3-4-8)9-10-11/h5-6H,3-4H2,1-2H3/i8-1. The molecule has 0 unspecified atom stereocenters. The molecule has 0 saturated heterocycles. The molecule has 0 amide bonds. The summed E-state index contributed by atoms with van der Waals surface area (Å²) in [5, 5.41) is 7.63. The lowest BCUT2D eigenvalue weighted by atomic mass is 10.3. The Balaban J connectivity index is 2.66. The van der Waals surface area contributed by atoms with Crippen LogP contribution in [0.2, 0.25) is 0 Å².